The first-order valence-electron chi connectivity index (χ1n) is 5.55. The molecule has 4 nitrogen and oxygen atoms in total. The SMILES string of the molecule is C=CCN(CC(=O)O)C(=O)c1ccccc1C(F)(F)F. The molecule has 0 spiro atoms. The van der Waals surface area contributed by atoms with E-state index in [1.807, 2.05) is 0 Å². The molecule has 0 radical (unpaired) electrons. The Morgan fingerprint density at radius 2 is 1.90 bits per heavy atom. The fourth-order valence-electron chi connectivity index (χ4n) is 1.63. The highest BCUT2D eigenvalue weighted by atomic mass is 19.4. The van der Waals surface area contributed by atoms with E-state index in [2.05, 4.69) is 6.58 Å². The smallest absolute Gasteiger partial charge is 0.417 e. The van der Waals surface area contributed by atoms with Crippen LogP contribution in [-0.4, -0.2) is 35.0 Å². The molecule has 1 aromatic rings. The summed E-state index contributed by atoms with van der Waals surface area (Å²) in [6.45, 7) is 2.49. The summed E-state index contributed by atoms with van der Waals surface area (Å²) in [7, 11) is 0. The van der Waals surface area contributed by atoms with Crippen LogP contribution in [0.4, 0.5) is 13.2 Å². The lowest BCUT2D eigenvalue weighted by Crippen LogP contribution is -2.36. The van der Waals surface area contributed by atoms with Crippen LogP contribution in [0.3, 0.4) is 0 Å². The lowest BCUT2D eigenvalue weighted by Gasteiger charge is -2.21. The highest BCUT2D eigenvalue weighted by Gasteiger charge is 2.35. The van der Waals surface area contributed by atoms with Gasteiger partial charge in [0.15, 0.2) is 0 Å². The Morgan fingerprint density at radius 3 is 2.40 bits per heavy atom. The highest BCUT2D eigenvalue weighted by molar-refractivity contribution is 5.97. The summed E-state index contributed by atoms with van der Waals surface area (Å²) >= 11 is 0. The molecule has 20 heavy (non-hydrogen) atoms. The third-order valence-electron chi connectivity index (χ3n) is 2.43. The molecule has 1 rings (SSSR count). The molecule has 0 unspecified atom stereocenters. The van der Waals surface area contributed by atoms with Gasteiger partial charge in [-0.15, -0.1) is 6.58 Å². The number of aliphatic carboxylic acids is 1. The molecule has 108 valence electrons. The normalized spacial score (nSPS) is 10.9. The van der Waals surface area contributed by atoms with Gasteiger partial charge in [-0.1, -0.05) is 18.2 Å². The zero-order chi connectivity index (χ0) is 15.3. The molecule has 1 aromatic carbocycles. The molecular formula is C13H12F3NO3. The van der Waals surface area contributed by atoms with E-state index < -0.39 is 35.7 Å². The number of hydrogen-bond donors (Lipinski definition) is 1. The number of amides is 1. The quantitative estimate of drug-likeness (QED) is 0.846. The third kappa shape index (κ3) is 3.84. The van der Waals surface area contributed by atoms with Gasteiger partial charge < -0.3 is 10.0 Å². The fraction of sp³-hybridized carbons (Fsp3) is 0.231. The maximum absolute atomic E-state index is 12.8. The van der Waals surface area contributed by atoms with E-state index in [4.69, 9.17) is 5.11 Å². The first-order valence-corrected chi connectivity index (χ1v) is 5.55. The summed E-state index contributed by atoms with van der Waals surface area (Å²) in [6.07, 6.45) is -3.44. The summed E-state index contributed by atoms with van der Waals surface area (Å²) in [6, 6.07) is 4.24. The lowest BCUT2D eigenvalue weighted by molar-refractivity contribution is -0.138. The van der Waals surface area contributed by atoms with E-state index in [0.29, 0.717) is 0 Å². The van der Waals surface area contributed by atoms with E-state index in [0.717, 1.165) is 23.1 Å². The molecule has 0 aliphatic heterocycles. The minimum absolute atomic E-state index is 0.155. The van der Waals surface area contributed by atoms with E-state index >= 15 is 0 Å². The van der Waals surface area contributed by atoms with Crippen LogP contribution in [0.25, 0.3) is 0 Å². The lowest BCUT2D eigenvalue weighted by atomic mass is 10.1. The monoisotopic (exact) mass is 287 g/mol. The predicted octanol–water partition coefficient (Wildman–Crippen LogP) is 2.42. The molecule has 1 N–H and O–H groups in total. The van der Waals surface area contributed by atoms with Crippen molar-refractivity contribution >= 4 is 11.9 Å². The number of nitrogens with zero attached hydrogens (tertiary/aromatic N) is 1. The van der Waals surface area contributed by atoms with E-state index in [1.54, 1.807) is 0 Å². The van der Waals surface area contributed by atoms with Crippen molar-refractivity contribution in [1.82, 2.24) is 4.90 Å². The third-order valence-corrected chi connectivity index (χ3v) is 2.43. The van der Waals surface area contributed by atoms with Crippen molar-refractivity contribution in [3.63, 3.8) is 0 Å². The molecule has 0 aromatic heterocycles. The number of carbonyl (C=O) groups excluding carboxylic acids is 1. The van der Waals surface area contributed by atoms with Crippen molar-refractivity contribution in [1.29, 1.82) is 0 Å². The number of carbonyl (C=O) groups is 2. The van der Waals surface area contributed by atoms with Crippen LogP contribution in [0.1, 0.15) is 15.9 Å². The second-order valence-corrected chi connectivity index (χ2v) is 3.91. The van der Waals surface area contributed by atoms with E-state index in [1.165, 1.54) is 12.1 Å². The Bertz CT molecular complexity index is 526. The average molecular weight is 287 g/mol. The predicted molar refractivity (Wildman–Crippen MR) is 65.2 cm³/mol. The van der Waals surface area contributed by atoms with E-state index in [9.17, 15) is 22.8 Å². The van der Waals surface area contributed by atoms with Gasteiger partial charge in [0.1, 0.15) is 6.54 Å². The maximum atomic E-state index is 12.8. The van der Waals surface area contributed by atoms with Crippen molar-refractivity contribution in [2.45, 2.75) is 6.18 Å². The Hall–Kier alpha value is -2.31. The number of hydrogen-bond acceptors (Lipinski definition) is 2. The Balaban J connectivity index is 3.18. The number of alkyl halides is 3. The van der Waals surface area contributed by atoms with Gasteiger partial charge in [0, 0.05) is 6.54 Å². The molecule has 0 saturated heterocycles. The van der Waals surface area contributed by atoms with Crippen LogP contribution in [0.2, 0.25) is 0 Å². The van der Waals surface area contributed by atoms with Crippen molar-refractivity contribution < 1.29 is 27.9 Å². The van der Waals surface area contributed by atoms with Crippen LogP contribution < -0.4 is 0 Å². The van der Waals surface area contributed by atoms with Crippen LogP contribution in [0.5, 0.6) is 0 Å². The topological polar surface area (TPSA) is 57.6 Å². The average Bonchev–Trinajstić information content (AvgIpc) is 2.36. The van der Waals surface area contributed by atoms with E-state index in [-0.39, 0.29) is 6.54 Å². The summed E-state index contributed by atoms with van der Waals surface area (Å²) in [4.78, 5) is 23.5. The van der Waals surface area contributed by atoms with Gasteiger partial charge >= 0.3 is 12.1 Å². The van der Waals surface area contributed by atoms with Crippen LogP contribution in [-0.2, 0) is 11.0 Å². The minimum Gasteiger partial charge on any atom is -0.480 e. The molecule has 0 aliphatic rings. The highest BCUT2D eigenvalue weighted by Crippen LogP contribution is 2.32. The van der Waals surface area contributed by atoms with Gasteiger partial charge in [0.2, 0.25) is 0 Å². The van der Waals surface area contributed by atoms with Crippen molar-refractivity contribution in [2.75, 3.05) is 13.1 Å². The fourth-order valence-corrected chi connectivity index (χ4v) is 1.63. The molecule has 0 fully saturated rings. The second-order valence-electron chi connectivity index (χ2n) is 3.91. The first-order chi connectivity index (χ1) is 9.27. The largest absolute Gasteiger partial charge is 0.480 e. The molecular weight excluding hydrogens is 275 g/mol. The molecule has 0 bridgehead atoms. The summed E-state index contributed by atoms with van der Waals surface area (Å²) < 4.78 is 38.4. The summed E-state index contributed by atoms with van der Waals surface area (Å²) in [5.41, 5.74) is -1.67. The van der Waals surface area contributed by atoms with Crippen molar-refractivity contribution in [3.05, 3.63) is 48.0 Å². The van der Waals surface area contributed by atoms with Gasteiger partial charge in [-0.2, -0.15) is 13.2 Å². The zero-order valence-electron chi connectivity index (χ0n) is 10.4. The molecule has 0 saturated carbocycles. The molecule has 0 atom stereocenters. The molecule has 0 aliphatic carbocycles. The summed E-state index contributed by atoms with van der Waals surface area (Å²) in [5, 5.41) is 8.69. The number of carboxylic acid groups (broad SMARTS) is 1. The van der Waals surface area contributed by atoms with Crippen LogP contribution in [0, 0.1) is 0 Å². The zero-order valence-corrected chi connectivity index (χ0v) is 10.4. The second kappa shape index (κ2) is 6.23. The molecule has 1 amide bonds. The molecule has 7 heteroatoms. The van der Waals surface area contributed by atoms with Crippen molar-refractivity contribution in [3.8, 4) is 0 Å². The summed E-state index contributed by atoms with van der Waals surface area (Å²) in [5.74, 6) is -2.31. The maximum Gasteiger partial charge on any atom is 0.417 e. The Kier molecular flexibility index (Phi) is 4.90. The van der Waals surface area contributed by atoms with Crippen LogP contribution in [0.15, 0.2) is 36.9 Å². The number of carboxylic acids is 1. The van der Waals surface area contributed by atoms with Gasteiger partial charge in [0.25, 0.3) is 5.91 Å². The Labute approximate surface area is 113 Å². The molecule has 0 heterocycles. The van der Waals surface area contributed by atoms with Gasteiger partial charge in [-0.05, 0) is 12.1 Å². The van der Waals surface area contributed by atoms with Crippen LogP contribution >= 0.6 is 0 Å². The number of benzene rings is 1. The van der Waals surface area contributed by atoms with Gasteiger partial charge in [-0.25, -0.2) is 0 Å². The van der Waals surface area contributed by atoms with Crippen molar-refractivity contribution in [2.24, 2.45) is 0 Å². The minimum atomic E-state index is -4.69. The number of halogens is 3. The standard InChI is InChI=1S/C13H12F3NO3/c1-2-7-17(8-11(18)19)12(20)9-5-3-4-6-10(9)13(14,15)16/h2-6H,1,7-8H2,(H,18,19). The first kappa shape index (κ1) is 15.7. The number of rotatable bonds is 5. The Morgan fingerprint density at radius 1 is 1.30 bits per heavy atom. The van der Waals surface area contributed by atoms with Gasteiger partial charge in [0.05, 0.1) is 11.1 Å². The van der Waals surface area contributed by atoms with Gasteiger partial charge in [-0.3, -0.25) is 9.59 Å².